The van der Waals surface area contributed by atoms with Crippen LogP contribution in [0.25, 0.3) is 0 Å². The van der Waals surface area contributed by atoms with Gasteiger partial charge in [0, 0.05) is 0 Å². The van der Waals surface area contributed by atoms with Crippen LogP contribution in [-0.2, 0) is 5.92 Å². The Balaban J connectivity index is 2.35. The summed E-state index contributed by atoms with van der Waals surface area (Å²) in [6.07, 6.45) is -5.79. The maximum atomic E-state index is 13.1. The molecular formula is C12H10F5N3O. The van der Waals surface area contributed by atoms with Gasteiger partial charge in [0.05, 0.1) is 0 Å². The summed E-state index contributed by atoms with van der Waals surface area (Å²) in [4.78, 5) is 0. The molecule has 1 aromatic carbocycles. The van der Waals surface area contributed by atoms with Crippen LogP contribution in [0.3, 0.4) is 0 Å². The van der Waals surface area contributed by atoms with Crippen LogP contribution in [-0.4, -0.2) is 23.4 Å². The molecule has 1 heterocycles. The Hall–Kier alpha value is -2.03. The fourth-order valence-electron chi connectivity index (χ4n) is 1.68. The number of hydrogen-bond donors (Lipinski definition) is 1. The van der Waals surface area contributed by atoms with Gasteiger partial charge in [-0.15, -0.1) is 10.2 Å². The Labute approximate surface area is 116 Å². The van der Waals surface area contributed by atoms with Crippen molar-refractivity contribution in [3.05, 3.63) is 47.7 Å². The smallest absolute Gasteiger partial charge is 0.417 e. The SMILES string of the molecule is CNC(c1ccccc1)c1nnc(C(F)(F)C(F)(F)F)o1. The molecule has 0 aliphatic rings. The zero-order chi connectivity index (χ0) is 15.7. The van der Waals surface area contributed by atoms with E-state index in [1.807, 2.05) is 0 Å². The molecule has 114 valence electrons. The van der Waals surface area contributed by atoms with Gasteiger partial charge in [-0.1, -0.05) is 30.3 Å². The Morgan fingerprint density at radius 2 is 1.67 bits per heavy atom. The third-order valence-electron chi connectivity index (χ3n) is 2.73. The number of nitrogens with one attached hydrogen (secondary N) is 1. The van der Waals surface area contributed by atoms with Crippen LogP contribution in [0.5, 0.6) is 0 Å². The van der Waals surface area contributed by atoms with E-state index >= 15 is 0 Å². The van der Waals surface area contributed by atoms with Gasteiger partial charge in [-0.2, -0.15) is 22.0 Å². The molecule has 0 saturated carbocycles. The van der Waals surface area contributed by atoms with Gasteiger partial charge in [0.1, 0.15) is 6.04 Å². The highest BCUT2D eigenvalue weighted by Gasteiger charge is 2.63. The Kier molecular flexibility index (Phi) is 3.95. The molecule has 0 radical (unpaired) electrons. The normalized spacial score (nSPS) is 14.2. The molecule has 1 N–H and O–H groups in total. The summed E-state index contributed by atoms with van der Waals surface area (Å²) in [7, 11) is 1.49. The average molecular weight is 307 g/mol. The molecule has 1 aromatic heterocycles. The summed E-state index contributed by atoms with van der Waals surface area (Å²) in [5.74, 6) is -7.34. The van der Waals surface area contributed by atoms with Gasteiger partial charge in [0.2, 0.25) is 5.89 Å². The molecule has 0 aliphatic heterocycles. The van der Waals surface area contributed by atoms with E-state index in [2.05, 4.69) is 19.9 Å². The highest BCUT2D eigenvalue weighted by molar-refractivity contribution is 5.23. The monoisotopic (exact) mass is 307 g/mol. The molecular weight excluding hydrogens is 297 g/mol. The number of nitrogens with zero attached hydrogens (tertiary/aromatic N) is 2. The minimum Gasteiger partial charge on any atom is -0.417 e. The van der Waals surface area contributed by atoms with Gasteiger partial charge >= 0.3 is 12.1 Å². The molecule has 9 heteroatoms. The quantitative estimate of drug-likeness (QED) is 0.882. The number of benzene rings is 1. The molecule has 0 saturated heterocycles. The molecule has 0 bridgehead atoms. The second-order valence-corrected chi connectivity index (χ2v) is 4.15. The lowest BCUT2D eigenvalue weighted by Crippen LogP contribution is -2.34. The van der Waals surface area contributed by atoms with Crippen molar-refractivity contribution in [2.24, 2.45) is 0 Å². The molecule has 0 fully saturated rings. The van der Waals surface area contributed by atoms with E-state index in [0.29, 0.717) is 5.56 Å². The van der Waals surface area contributed by atoms with Gasteiger partial charge in [-0.3, -0.25) is 0 Å². The Morgan fingerprint density at radius 3 is 2.19 bits per heavy atom. The molecule has 0 spiro atoms. The summed E-state index contributed by atoms with van der Waals surface area (Å²) >= 11 is 0. The van der Waals surface area contributed by atoms with Crippen molar-refractivity contribution in [2.45, 2.75) is 18.1 Å². The van der Waals surface area contributed by atoms with E-state index in [1.165, 1.54) is 7.05 Å². The third kappa shape index (κ3) is 2.87. The molecule has 0 aliphatic carbocycles. The van der Waals surface area contributed by atoms with Crippen LogP contribution in [0.1, 0.15) is 23.4 Å². The molecule has 4 nitrogen and oxygen atoms in total. The van der Waals surface area contributed by atoms with Crippen LogP contribution >= 0.6 is 0 Å². The summed E-state index contributed by atoms with van der Waals surface area (Å²) in [6, 6.07) is 7.60. The van der Waals surface area contributed by atoms with Crippen molar-refractivity contribution in [1.29, 1.82) is 0 Å². The molecule has 1 atom stereocenters. The minimum absolute atomic E-state index is 0.373. The third-order valence-corrected chi connectivity index (χ3v) is 2.73. The lowest BCUT2D eigenvalue weighted by atomic mass is 10.1. The lowest BCUT2D eigenvalue weighted by Gasteiger charge is -2.15. The highest BCUT2D eigenvalue weighted by atomic mass is 19.4. The first-order valence-corrected chi connectivity index (χ1v) is 5.78. The standard InChI is InChI=1S/C12H10F5N3O/c1-18-8(7-5-3-2-4-6-7)9-19-20-10(21-9)11(13,14)12(15,16)17/h2-6,8,18H,1H3. The van der Waals surface area contributed by atoms with Crippen molar-refractivity contribution in [3.8, 4) is 0 Å². The zero-order valence-corrected chi connectivity index (χ0v) is 10.7. The van der Waals surface area contributed by atoms with Gasteiger partial charge in [0.15, 0.2) is 0 Å². The number of halogens is 5. The predicted octanol–water partition coefficient (Wildman–Crippen LogP) is 3.03. The van der Waals surface area contributed by atoms with E-state index in [4.69, 9.17) is 0 Å². The second-order valence-electron chi connectivity index (χ2n) is 4.15. The topological polar surface area (TPSA) is 51.0 Å². The van der Waals surface area contributed by atoms with E-state index in [1.54, 1.807) is 30.3 Å². The average Bonchev–Trinajstić information content (AvgIpc) is 2.90. The maximum Gasteiger partial charge on any atom is 0.463 e. The first-order chi connectivity index (χ1) is 9.77. The van der Waals surface area contributed by atoms with Gasteiger partial charge in [-0.05, 0) is 12.6 Å². The van der Waals surface area contributed by atoms with E-state index in [9.17, 15) is 22.0 Å². The van der Waals surface area contributed by atoms with Crippen molar-refractivity contribution < 1.29 is 26.4 Å². The summed E-state index contributed by atoms with van der Waals surface area (Å²) in [6.45, 7) is 0. The highest BCUT2D eigenvalue weighted by Crippen LogP contribution is 2.43. The van der Waals surface area contributed by atoms with Crippen LogP contribution < -0.4 is 5.32 Å². The minimum atomic E-state index is -5.79. The number of rotatable bonds is 4. The summed E-state index contributed by atoms with van der Waals surface area (Å²) in [5, 5.41) is 8.82. The molecule has 2 rings (SSSR count). The van der Waals surface area contributed by atoms with E-state index in [-0.39, 0.29) is 5.89 Å². The van der Waals surface area contributed by atoms with Gasteiger partial charge < -0.3 is 9.73 Å². The first kappa shape index (κ1) is 15.4. The van der Waals surface area contributed by atoms with E-state index < -0.39 is 24.0 Å². The Morgan fingerprint density at radius 1 is 1.05 bits per heavy atom. The zero-order valence-electron chi connectivity index (χ0n) is 10.7. The molecule has 2 aromatic rings. The predicted molar refractivity (Wildman–Crippen MR) is 61.6 cm³/mol. The van der Waals surface area contributed by atoms with E-state index in [0.717, 1.165) is 0 Å². The van der Waals surface area contributed by atoms with Crippen molar-refractivity contribution in [1.82, 2.24) is 15.5 Å². The van der Waals surface area contributed by atoms with Gasteiger partial charge in [-0.25, -0.2) is 0 Å². The Bertz CT molecular complexity index is 596. The molecule has 0 amide bonds. The van der Waals surface area contributed by atoms with Gasteiger partial charge in [0.25, 0.3) is 5.89 Å². The summed E-state index contributed by atoms with van der Waals surface area (Å²) in [5.41, 5.74) is 0.588. The largest absolute Gasteiger partial charge is 0.463 e. The molecule has 21 heavy (non-hydrogen) atoms. The fourth-order valence-corrected chi connectivity index (χ4v) is 1.68. The van der Waals surface area contributed by atoms with Crippen LogP contribution in [0.2, 0.25) is 0 Å². The second kappa shape index (κ2) is 5.40. The molecule has 1 unspecified atom stereocenters. The van der Waals surface area contributed by atoms with Crippen LogP contribution in [0.15, 0.2) is 34.7 Å². The summed E-state index contributed by atoms with van der Waals surface area (Å²) < 4.78 is 67.5. The fraction of sp³-hybridized carbons (Fsp3) is 0.333. The van der Waals surface area contributed by atoms with Crippen LogP contribution in [0, 0.1) is 0 Å². The first-order valence-electron chi connectivity index (χ1n) is 5.78. The number of hydrogen-bond acceptors (Lipinski definition) is 4. The lowest BCUT2D eigenvalue weighted by molar-refractivity contribution is -0.297. The number of alkyl halides is 5. The van der Waals surface area contributed by atoms with Crippen LogP contribution in [0.4, 0.5) is 22.0 Å². The van der Waals surface area contributed by atoms with Crippen molar-refractivity contribution in [2.75, 3.05) is 7.05 Å². The van der Waals surface area contributed by atoms with Crippen molar-refractivity contribution >= 4 is 0 Å². The number of aromatic nitrogens is 2. The van der Waals surface area contributed by atoms with Crippen molar-refractivity contribution in [3.63, 3.8) is 0 Å². The maximum absolute atomic E-state index is 13.1.